The number of hydrogen-bond acceptors (Lipinski definition) is 6. The van der Waals surface area contributed by atoms with Crippen molar-refractivity contribution in [3.8, 4) is 0 Å². The van der Waals surface area contributed by atoms with Gasteiger partial charge in [0.05, 0.1) is 0 Å². The third-order valence-electron chi connectivity index (χ3n) is 2.31. The highest BCUT2D eigenvalue weighted by atomic mass is 16.1. The number of hydrogen-bond donors (Lipinski definition) is 3. The first kappa shape index (κ1) is 11.9. The molecule has 0 radical (unpaired) electrons. The van der Waals surface area contributed by atoms with E-state index in [2.05, 4.69) is 25.9 Å². The van der Waals surface area contributed by atoms with Gasteiger partial charge in [-0.15, -0.1) is 10.2 Å². The second-order valence-corrected chi connectivity index (χ2v) is 3.59. The molecule has 92 valence electrons. The molecule has 2 aromatic heterocycles. The minimum absolute atomic E-state index is 0.213. The molecule has 0 aliphatic rings. The fourth-order valence-electron chi connectivity index (χ4n) is 1.33. The van der Waals surface area contributed by atoms with Crippen LogP contribution in [0.4, 0.5) is 11.5 Å². The molecule has 2 heterocycles. The lowest BCUT2D eigenvalue weighted by Gasteiger charge is -2.06. The van der Waals surface area contributed by atoms with Gasteiger partial charge in [0.1, 0.15) is 0 Å². The number of amides is 1. The van der Waals surface area contributed by atoms with Gasteiger partial charge in [-0.1, -0.05) is 0 Å². The van der Waals surface area contributed by atoms with Crippen molar-refractivity contribution in [3.05, 3.63) is 41.9 Å². The summed E-state index contributed by atoms with van der Waals surface area (Å²) < 4.78 is 0. The van der Waals surface area contributed by atoms with Gasteiger partial charge in [-0.25, -0.2) is 5.84 Å². The number of anilines is 2. The van der Waals surface area contributed by atoms with Gasteiger partial charge in [0, 0.05) is 18.1 Å². The van der Waals surface area contributed by atoms with Gasteiger partial charge in [-0.05, 0) is 30.7 Å². The maximum atomic E-state index is 11.9. The normalized spacial score (nSPS) is 9.89. The van der Waals surface area contributed by atoms with Crippen molar-refractivity contribution in [1.29, 1.82) is 0 Å². The molecule has 0 saturated heterocycles. The monoisotopic (exact) mass is 244 g/mol. The third kappa shape index (κ3) is 2.58. The number of carbonyl (C=O) groups is 1. The van der Waals surface area contributed by atoms with E-state index in [1.807, 2.05) is 6.92 Å². The zero-order valence-corrected chi connectivity index (χ0v) is 9.71. The smallest absolute Gasteiger partial charge is 0.276 e. The highest BCUT2D eigenvalue weighted by Crippen LogP contribution is 2.12. The van der Waals surface area contributed by atoms with Crippen LogP contribution in [0.3, 0.4) is 0 Å². The van der Waals surface area contributed by atoms with E-state index in [4.69, 9.17) is 5.84 Å². The predicted molar refractivity (Wildman–Crippen MR) is 66.8 cm³/mol. The van der Waals surface area contributed by atoms with Crippen molar-refractivity contribution < 1.29 is 4.79 Å². The topological polar surface area (TPSA) is 106 Å². The van der Waals surface area contributed by atoms with E-state index < -0.39 is 0 Å². The molecule has 0 aliphatic carbocycles. The molecule has 0 bridgehead atoms. The summed E-state index contributed by atoms with van der Waals surface area (Å²) in [5, 5.41) is 10.2. The van der Waals surface area contributed by atoms with E-state index in [9.17, 15) is 4.79 Å². The lowest BCUT2D eigenvalue weighted by atomic mass is 10.2. The molecular formula is C11H12N6O. The van der Waals surface area contributed by atoms with Crippen LogP contribution in [-0.2, 0) is 0 Å². The SMILES string of the molecule is Cc1cnccc1NC(=O)c1ccc(NN)nn1. The molecule has 4 N–H and O–H groups in total. The van der Waals surface area contributed by atoms with Gasteiger partial charge in [0.15, 0.2) is 11.5 Å². The van der Waals surface area contributed by atoms with Gasteiger partial charge >= 0.3 is 0 Å². The van der Waals surface area contributed by atoms with Gasteiger partial charge in [-0.2, -0.15) is 0 Å². The van der Waals surface area contributed by atoms with Crippen molar-refractivity contribution >= 4 is 17.4 Å². The fourth-order valence-corrected chi connectivity index (χ4v) is 1.33. The standard InChI is InChI=1S/C11H12N6O/c1-7-6-13-5-4-8(7)14-11(18)9-2-3-10(15-12)17-16-9/h2-6H,12H2,1H3,(H,15,17)(H,13,14,18). The van der Waals surface area contributed by atoms with Gasteiger partial charge in [0.25, 0.3) is 5.91 Å². The number of rotatable bonds is 3. The number of nitrogen functional groups attached to an aromatic ring is 1. The molecule has 2 aromatic rings. The van der Waals surface area contributed by atoms with Gasteiger partial charge < -0.3 is 10.7 Å². The molecule has 18 heavy (non-hydrogen) atoms. The molecule has 0 spiro atoms. The molecular weight excluding hydrogens is 232 g/mol. The van der Waals surface area contributed by atoms with Crippen LogP contribution < -0.4 is 16.6 Å². The Hall–Kier alpha value is -2.54. The maximum Gasteiger partial charge on any atom is 0.276 e. The fraction of sp³-hybridized carbons (Fsp3) is 0.0909. The predicted octanol–water partition coefficient (Wildman–Crippen LogP) is 0.718. The summed E-state index contributed by atoms with van der Waals surface area (Å²) in [6.45, 7) is 1.86. The van der Waals surface area contributed by atoms with Crippen LogP contribution in [0, 0.1) is 6.92 Å². The number of hydrazine groups is 1. The van der Waals surface area contributed by atoms with Crippen LogP contribution in [-0.4, -0.2) is 21.1 Å². The molecule has 0 aliphatic heterocycles. The average Bonchev–Trinajstić information content (AvgIpc) is 2.41. The number of pyridine rings is 1. The van der Waals surface area contributed by atoms with Crippen LogP contribution in [0.2, 0.25) is 0 Å². The number of nitrogens with two attached hydrogens (primary N) is 1. The first-order chi connectivity index (χ1) is 8.70. The van der Waals surface area contributed by atoms with Crippen LogP contribution >= 0.6 is 0 Å². The van der Waals surface area contributed by atoms with Crippen LogP contribution in [0.15, 0.2) is 30.6 Å². The van der Waals surface area contributed by atoms with Crippen LogP contribution in [0.1, 0.15) is 16.1 Å². The summed E-state index contributed by atoms with van der Waals surface area (Å²) in [7, 11) is 0. The third-order valence-corrected chi connectivity index (χ3v) is 2.31. The Labute approximate surface area is 103 Å². The quantitative estimate of drug-likeness (QED) is 0.542. The highest BCUT2D eigenvalue weighted by molar-refractivity contribution is 6.03. The summed E-state index contributed by atoms with van der Waals surface area (Å²) >= 11 is 0. The maximum absolute atomic E-state index is 11.9. The number of nitrogens with one attached hydrogen (secondary N) is 2. The second-order valence-electron chi connectivity index (χ2n) is 3.59. The first-order valence-electron chi connectivity index (χ1n) is 5.23. The minimum atomic E-state index is -0.333. The van der Waals surface area contributed by atoms with E-state index in [0.717, 1.165) is 5.56 Å². The molecule has 0 aromatic carbocycles. The minimum Gasteiger partial charge on any atom is -0.320 e. The zero-order chi connectivity index (χ0) is 13.0. The summed E-state index contributed by atoms with van der Waals surface area (Å²) in [5.41, 5.74) is 4.12. The first-order valence-corrected chi connectivity index (χ1v) is 5.23. The lowest BCUT2D eigenvalue weighted by molar-refractivity contribution is 0.102. The Kier molecular flexibility index (Phi) is 3.44. The van der Waals surface area contributed by atoms with Crippen LogP contribution in [0.5, 0.6) is 0 Å². The van der Waals surface area contributed by atoms with Crippen molar-refractivity contribution in [1.82, 2.24) is 15.2 Å². The Morgan fingerprint density at radius 2 is 2.11 bits per heavy atom. The highest BCUT2D eigenvalue weighted by Gasteiger charge is 2.09. The van der Waals surface area contributed by atoms with Crippen molar-refractivity contribution in [2.75, 3.05) is 10.7 Å². The Balaban J connectivity index is 2.14. The molecule has 7 heteroatoms. The van der Waals surface area contributed by atoms with Gasteiger partial charge in [0.2, 0.25) is 0 Å². The van der Waals surface area contributed by atoms with E-state index in [0.29, 0.717) is 11.5 Å². The number of aromatic nitrogens is 3. The molecule has 0 saturated carbocycles. The number of carbonyl (C=O) groups excluding carboxylic acids is 1. The van der Waals surface area contributed by atoms with E-state index in [1.165, 1.54) is 6.07 Å². The number of nitrogens with zero attached hydrogens (tertiary/aromatic N) is 3. The number of aryl methyl sites for hydroxylation is 1. The average molecular weight is 244 g/mol. The van der Waals surface area contributed by atoms with E-state index in [-0.39, 0.29) is 11.6 Å². The Bertz CT molecular complexity index is 554. The van der Waals surface area contributed by atoms with E-state index >= 15 is 0 Å². The van der Waals surface area contributed by atoms with Crippen LogP contribution in [0.25, 0.3) is 0 Å². The van der Waals surface area contributed by atoms with E-state index in [1.54, 1.807) is 24.5 Å². The molecule has 7 nitrogen and oxygen atoms in total. The van der Waals surface area contributed by atoms with Crippen molar-refractivity contribution in [2.24, 2.45) is 5.84 Å². The zero-order valence-electron chi connectivity index (χ0n) is 9.71. The van der Waals surface area contributed by atoms with Crippen molar-refractivity contribution in [2.45, 2.75) is 6.92 Å². The molecule has 0 unspecified atom stereocenters. The summed E-state index contributed by atoms with van der Waals surface area (Å²) in [5.74, 6) is 5.22. The Morgan fingerprint density at radius 3 is 2.72 bits per heavy atom. The second kappa shape index (κ2) is 5.19. The molecule has 2 rings (SSSR count). The molecule has 0 atom stereocenters. The van der Waals surface area contributed by atoms with Crippen molar-refractivity contribution in [3.63, 3.8) is 0 Å². The summed E-state index contributed by atoms with van der Waals surface area (Å²) in [4.78, 5) is 15.8. The van der Waals surface area contributed by atoms with Gasteiger partial charge in [-0.3, -0.25) is 9.78 Å². The molecule has 0 fully saturated rings. The lowest BCUT2D eigenvalue weighted by Crippen LogP contribution is -2.16. The molecule has 1 amide bonds. The summed E-state index contributed by atoms with van der Waals surface area (Å²) in [6.07, 6.45) is 3.28. The summed E-state index contributed by atoms with van der Waals surface area (Å²) in [6, 6.07) is 4.83. The Morgan fingerprint density at radius 1 is 1.28 bits per heavy atom. The largest absolute Gasteiger partial charge is 0.320 e.